The van der Waals surface area contributed by atoms with Gasteiger partial charge in [-0.15, -0.1) is 0 Å². The van der Waals surface area contributed by atoms with Gasteiger partial charge in [0, 0.05) is 14.1 Å². The second-order valence-corrected chi connectivity index (χ2v) is 5.71. The summed E-state index contributed by atoms with van der Waals surface area (Å²) in [7, 11) is 2.82. The van der Waals surface area contributed by atoms with Gasteiger partial charge < -0.3 is 5.32 Å². The minimum Gasteiger partial charge on any atom is -0.318 e. The molecular formula is C17H15FN4O3. The Labute approximate surface area is 141 Å². The van der Waals surface area contributed by atoms with Crippen LogP contribution in [0, 0.1) is 12.7 Å². The molecule has 3 aromatic rings. The monoisotopic (exact) mass is 342 g/mol. The van der Waals surface area contributed by atoms with Gasteiger partial charge in [0.05, 0.1) is 11.1 Å². The third kappa shape index (κ3) is 2.82. The fourth-order valence-corrected chi connectivity index (χ4v) is 2.49. The first-order valence-corrected chi connectivity index (χ1v) is 7.44. The molecule has 1 aromatic carbocycles. The number of nitrogens with one attached hydrogen (secondary N) is 1. The first-order valence-electron chi connectivity index (χ1n) is 7.44. The van der Waals surface area contributed by atoms with Gasteiger partial charge in [0.2, 0.25) is 0 Å². The predicted molar refractivity (Wildman–Crippen MR) is 91.3 cm³/mol. The molecule has 0 bridgehead atoms. The Morgan fingerprint density at radius 2 is 1.84 bits per heavy atom. The fourth-order valence-electron chi connectivity index (χ4n) is 2.49. The van der Waals surface area contributed by atoms with Crippen LogP contribution in [0.5, 0.6) is 0 Å². The van der Waals surface area contributed by atoms with E-state index in [-0.39, 0.29) is 22.4 Å². The number of aromatic nitrogens is 3. The summed E-state index contributed by atoms with van der Waals surface area (Å²) in [5, 5.41) is 2.64. The lowest BCUT2D eigenvalue weighted by Crippen LogP contribution is -2.37. The van der Waals surface area contributed by atoms with Crippen LogP contribution in [0.3, 0.4) is 0 Å². The molecule has 0 aliphatic rings. The number of carbonyl (C=O) groups excluding carboxylic acids is 1. The number of pyridine rings is 1. The summed E-state index contributed by atoms with van der Waals surface area (Å²) in [6.45, 7) is 1.74. The Morgan fingerprint density at radius 3 is 2.52 bits per heavy atom. The molecule has 7 nitrogen and oxygen atoms in total. The zero-order chi connectivity index (χ0) is 18.3. The van der Waals surface area contributed by atoms with Gasteiger partial charge in [-0.25, -0.2) is 14.2 Å². The normalized spacial score (nSPS) is 10.9. The highest BCUT2D eigenvalue weighted by Crippen LogP contribution is 2.16. The van der Waals surface area contributed by atoms with Crippen LogP contribution in [-0.4, -0.2) is 20.0 Å². The number of carbonyl (C=O) groups is 1. The largest absolute Gasteiger partial charge is 0.332 e. The maximum absolute atomic E-state index is 13.9. The average molecular weight is 342 g/mol. The molecule has 2 heterocycles. The summed E-state index contributed by atoms with van der Waals surface area (Å²) in [6.07, 6.45) is 0. The molecule has 3 rings (SSSR count). The number of rotatable bonds is 2. The predicted octanol–water partition coefficient (Wildman–Crippen LogP) is 1.33. The minimum atomic E-state index is -0.641. The van der Waals surface area contributed by atoms with Crippen molar-refractivity contribution in [2.45, 2.75) is 6.92 Å². The van der Waals surface area contributed by atoms with Crippen LogP contribution in [0.2, 0.25) is 0 Å². The van der Waals surface area contributed by atoms with Gasteiger partial charge in [-0.1, -0.05) is 6.07 Å². The minimum absolute atomic E-state index is 0.0235. The van der Waals surface area contributed by atoms with Crippen molar-refractivity contribution in [3.63, 3.8) is 0 Å². The van der Waals surface area contributed by atoms with Gasteiger partial charge in [0.25, 0.3) is 11.5 Å². The summed E-state index contributed by atoms with van der Waals surface area (Å²) < 4.78 is 16.0. The van der Waals surface area contributed by atoms with Crippen molar-refractivity contribution in [3.05, 3.63) is 68.2 Å². The highest BCUT2D eigenvalue weighted by molar-refractivity contribution is 6.03. The lowest BCUT2D eigenvalue weighted by Gasteiger charge is -2.09. The third-order valence-corrected chi connectivity index (χ3v) is 3.91. The lowest BCUT2D eigenvalue weighted by molar-refractivity contribution is 0.102. The van der Waals surface area contributed by atoms with Crippen molar-refractivity contribution in [2.75, 3.05) is 5.32 Å². The molecule has 0 unspecified atom stereocenters. The SMILES string of the molecule is Cc1ccc(NC(=O)c2ccc3c(=O)n(C)c(=O)n(C)c3n2)c(F)c1. The standard InChI is InChI=1S/C17H15FN4O3/c1-9-4-6-12(11(18)8-9)20-15(23)13-7-5-10-14(19-13)21(2)17(25)22(3)16(10)24/h4-8H,1-3H3,(H,20,23). The number of anilines is 1. The zero-order valence-electron chi connectivity index (χ0n) is 13.8. The Morgan fingerprint density at radius 1 is 1.12 bits per heavy atom. The van der Waals surface area contributed by atoms with Gasteiger partial charge in [0.1, 0.15) is 17.2 Å². The van der Waals surface area contributed by atoms with Crippen LogP contribution in [0.4, 0.5) is 10.1 Å². The lowest BCUT2D eigenvalue weighted by atomic mass is 10.2. The van der Waals surface area contributed by atoms with Gasteiger partial charge in [-0.2, -0.15) is 0 Å². The topological polar surface area (TPSA) is 86.0 Å². The maximum Gasteiger partial charge on any atom is 0.332 e. The zero-order valence-corrected chi connectivity index (χ0v) is 13.8. The Bertz CT molecular complexity index is 1130. The van der Waals surface area contributed by atoms with Crippen LogP contribution < -0.4 is 16.6 Å². The molecule has 0 spiro atoms. The number of aryl methyl sites for hydroxylation is 2. The number of fused-ring (bicyclic) bond motifs is 1. The van der Waals surface area contributed by atoms with E-state index < -0.39 is 23.0 Å². The van der Waals surface area contributed by atoms with Crippen LogP contribution in [0.15, 0.2) is 39.9 Å². The number of nitrogens with zero attached hydrogens (tertiary/aromatic N) is 3. The van der Waals surface area contributed by atoms with Crippen LogP contribution in [0.25, 0.3) is 11.0 Å². The Hall–Kier alpha value is -3.29. The van der Waals surface area contributed by atoms with Crippen molar-refractivity contribution in [3.8, 4) is 0 Å². The van der Waals surface area contributed by atoms with Crippen LogP contribution in [0.1, 0.15) is 16.1 Å². The number of benzene rings is 1. The van der Waals surface area contributed by atoms with E-state index in [0.29, 0.717) is 0 Å². The van der Waals surface area contributed by atoms with Gasteiger partial charge >= 0.3 is 5.69 Å². The molecule has 1 amide bonds. The summed E-state index contributed by atoms with van der Waals surface area (Å²) in [5.74, 6) is -1.20. The Balaban J connectivity index is 2.06. The summed E-state index contributed by atoms with van der Waals surface area (Å²) in [6, 6.07) is 7.20. The maximum atomic E-state index is 13.9. The highest BCUT2D eigenvalue weighted by Gasteiger charge is 2.15. The summed E-state index contributed by atoms with van der Waals surface area (Å²) >= 11 is 0. The first-order chi connectivity index (χ1) is 11.8. The van der Waals surface area contributed by atoms with Gasteiger partial charge in [-0.3, -0.25) is 18.7 Å². The second-order valence-electron chi connectivity index (χ2n) is 5.71. The van der Waals surface area contributed by atoms with E-state index in [1.807, 2.05) is 0 Å². The van der Waals surface area contributed by atoms with Gasteiger partial charge in [-0.05, 0) is 36.8 Å². The van der Waals surface area contributed by atoms with Crippen LogP contribution >= 0.6 is 0 Å². The molecular weight excluding hydrogens is 327 g/mol. The number of hydrogen-bond donors (Lipinski definition) is 1. The van der Waals surface area contributed by atoms with E-state index >= 15 is 0 Å². The molecule has 1 N–H and O–H groups in total. The first kappa shape index (κ1) is 16.6. The molecule has 0 aliphatic heterocycles. The van der Waals surface area contributed by atoms with E-state index in [4.69, 9.17) is 0 Å². The van der Waals surface area contributed by atoms with E-state index in [1.54, 1.807) is 13.0 Å². The molecule has 2 aromatic heterocycles. The van der Waals surface area contributed by atoms with Crippen molar-refractivity contribution in [1.29, 1.82) is 0 Å². The molecule has 0 radical (unpaired) electrons. The van der Waals surface area contributed by atoms with E-state index in [2.05, 4.69) is 10.3 Å². The van der Waals surface area contributed by atoms with E-state index in [1.165, 1.54) is 42.9 Å². The van der Waals surface area contributed by atoms with Crippen molar-refractivity contribution < 1.29 is 9.18 Å². The molecule has 8 heteroatoms. The molecule has 128 valence electrons. The summed E-state index contributed by atoms with van der Waals surface area (Å²) in [5.41, 5.74) is -0.240. The van der Waals surface area contributed by atoms with Crippen molar-refractivity contribution in [2.24, 2.45) is 14.1 Å². The molecule has 0 fully saturated rings. The number of halogens is 1. The summed E-state index contributed by atoms with van der Waals surface area (Å²) in [4.78, 5) is 40.5. The fraction of sp³-hybridized carbons (Fsp3) is 0.176. The third-order valence-electron chi connectivity index (χ3n) is 3.91. The average Bonchev–Trinajstić information content (AvgIpc) is 2.60. The molecule has 25 heavy (non-hydrogen) atoms. The number of amides is 1. The Kier molecular flexibility index (Phi) is 3.96. The molecule has 0 aliphatic carbocycles. The van der Waals surface area contributed by atoms with Gasteiger partial charge in [0.15, 0.2) is 0 Å². The number of hydrogen-bond acceptors (Lipinski definition) is 4. The smallest absolute Gasteiger partial charge is 0.318 e. The van der Waals surface area contributed by atoms with E-state index in [0.717, 1.165) is 10.1 Å². The molecule has 0 saturated carbocycles. The van der Waals surface area contributed by atoms with Crippen molar-refractivity contribution in [1.82, 2.24) is 14.1 Å². The quantitative estimate of drug-likeness (QED) is 0.761. The van der Waals surface area contributed by atoms with Crippen LogP contribution in [-0.2, 0) is 14.1 Å². The molecule has 0 atom stereocenters. The van der Waals surface area contributed by atoms with E-state index in [9.17, 15) is 18.8 Å². The highest BCUT2D eigenvalue weighted by atomic mass is 19.1. The van der Waals surface area contributed by atoms with Crippen molar-refractivity contribution >= 4 is 22.6 Å². The second kappa shape index (κ2) is 5.97. The molecule has 0 saturated heterocycles.